The highest BCUT2D eigenvalue weighted by atomic mass is 32.1. The van der Waals surface area contributed by atoms with Gasteiger partial charge in [0.25, 0.3) is 5.69 Å². The van der Waals surface area contributed by atoms with E-state index in [0.29, 0.717) is 21.8 Å². The van der Waals surface area contributed by atoms with Gasteiger partial charge in [-0.05, 0) is 36.6 Å². The van der Waals surface area contributed by atoms with Gasteiger partial charge in [0.2, 0.25) is 0 Å². The number of carbonyl (C=O) groups is 1. The molecule has 0 aliphatic heterocycles. The van der Waals surface area contributed by atoms with Crippen molar-refractivity contribution in [1.82, 2.24) is 9.38 Å². The molecular weight excluding hydrogens is 410 g/mol. The summed E-state index contributed by atoms with van der Waals surface area (Å²) in [7, 11) is 0. The standard InChI is InChI=1S/C20H15N3O4S2/c1-12-10-22-15(6-7-17(25)18-3-2-8-28-18)19(21-20(22)29-12)13-4-5-14(11-24)16(9-13)23(26)27/h2-10,24H,11H2,1H3. The van der Waals surface area contributed by atoms with Gasteiger partial charge in [-0.3, -0.25) is 19.3 Å². The monoisotopic (exact) mass is 425 g/mol. The minimum absolute atomic E-state index is 0.116. The van der Waals surface area contributed by atoms with Crippen molar-refractivity contribution in [2.24, 2.45) is 0 Å². The number of hydrogen-bond acceptors (Lipinski definition) is 7. The van der Waals surface area contributed by atoms with Gasteiger partial charge >= 0.3 is 0 Å². The van der Waals surface area contributed by atoms with Crippen molar-refractivity contribution in [3.05, 3.63) is 79.1 Å². The molecule has 0 fully saturated rings. The van der Waals surface area contributed by atoms with Crippen molar-refractivity contribution >= 4 is 45.2 Å². The summed E-state index contributed by atoms with van der Waals surface area (Å²) >= 11 is 2.86. The average molecular weight is 425 g/mol. The summed E-state index contributed by atoms with van der Waals surface area (Å²) in [6, 6.07) is 8.20. The van der Waals surface area contributed by atoms with Crippen LogP contribution in [0.4, 0.5) is 5.69 Å². The number of hydrogen-bond donors (Lipinski definition) is 1. The number of thiazole rings is 1. The second kappa shape index (κ2) is 7.70. The van der Waals surface area contributed by atoms with Crippen LogP contribution < -0.4 is 0 Å². The van der Waals surface area contributed by atoms with E-state index in [1.54, 1.807) is 18.2 Å². The number of allylic oxidation sites excluding steroid dienone is 1. The van der Waals surface area contributed by atoms with Gasteiger partial charge in [-0.1, -0.05) is 12.1 Å². The molecule has 0 unspecified atom stereocenters. The zero-order chi connectivity index (χ0) is 20.5. The Morgan fingerprint density at radius 1 is 1.38 bits per heavy atom. The fourth-order valence-corrected chi connectivity index (χ4v) is 4.49. The van der Waals surface area contributed by atoms with E-state index in [4.69, 9.17) is 0 Å². The van der Waals surface area contributed by atoms with Crippen molar-refractivity contribution in [3.8, 4) is 11.3 Å². The van der Waals surface area contributed by atoms with Crippen molar-refractivity contribution in [3.63, 3.8) is 0 Å². The van der Waals surface area contributed by atoms with E-state index in [2.05, 4.69) is 4.98 Å². The molecule has 0 bridgehead atoms. The van der Waals surface area contributed by atoms with E-state index in [-0.39, 0.29) is 17.0 Å². The predicted molar refractivity (Wildman–Crippen MR) is 114 cm³/mol. The number of aliphatic hydroxyl groups excluding tert-OH is 1. The third-order valence-corrected chi connectivity index (χ3v) is 6.14. The molecule has 0 saturated carbocycles. The molecule has 3 aromatic heterocycles. The lowest BCUT2D eigenvalue weighted by molar-refractivity contribution is -0.385. The first kappa shape index (κ1) is 19.2. The molecule has 0 radical (unpaired) electrons. The Morgan fingerprint density at radius 2 is 2.21 bits per heavy atom. The molecule has 0 atom stereocenters. The van der Waals surface area contributed by atoms with E-state index in [9.17, 15) is 20.0 Å². The van der Waals surface area contributed by atoms with Crippen molar-refractivity contribution in [2.75, 3.05) is 0 Å². The normalized spacial score (nSPS) is 11.5. The predicted octanol–water partition coefficient (Wildman–Crippen LogP) is 4.73. The van der Waals surface area contributed by atoms with Gasteiger partial charge in [0, 0.05) is 22.7 Å². The summed E-state index contributed by atoms with van der Waals surface area (Å²) in [4.78, 5) is 30.3. The number of nitrogens with zero attached hydrogens (tertiary/aromatic N) is 3. The van der Waals surface area contributed by atoms with Crippen LogP contribution in [0.5, 0.6) is 0 Å². The summed E-state index contributed by atoms with van der Waals surface area (Å²) in [5.41, 5.74) is 1.83. The van der Waals surface area contributed by atoms with E-state index >= 15 is 0 Å². The quantitative estimate of drug-likeness (QED) is 0.208. The Morgan fingerprint density at radius 3 is 2.90 bits per heavy atom. The Kier molecular flexibility index (Phi) is 5.10. The average Bonchev–Trinajstić information content (AvgIpc) is 3.42. The van der Waals surface area contributed by atoms with E-state index in [1.807, 2.05) is 29.0 Å². The first-order valence-corrected chi connectivity index (χ1v) is 10.3. The number of thiophene rings is 1. The maximum Gasteiger partial charge on any atom is 0.275 e. The van der Waals surface area contributed by atoms with E-state index in [1.165, 1.54) is 40.9 Å². The summed E-state index contributed by atoms with van der Waals surface area (Å²) in [5.74, 6) is -0.116. The smallest absolute Gasteiger partial charge is 0.275 e. The first-order chi connectivity index (χ1) is 14.0. The molecule has 29 heavy (non-hydrogen) atoms. The maximum atomic E-state index is 12.4. The van der Waals surface area contributed by atoms with Crippen LogP contribution in [0.15, 0.2) is 48.0 Å². The van der Waals surface area contributed by atoms with Crippen LogP contribution in [0.3, 0.4) is 0 Å². The van der Waals surface area contributed by atoms with Crippen LogP contribution in [-0.2, 0) is 6.61 Å². The van der Waals surface area contributed by atoms with Crippen molar-refractivity contribution in [2.45, 2.75) is 13.5 Å². The van der Waals surface area contributed by atoms with Gasteiger partial charge in [-0.15, -0.1) is 22.7 Å². The molecular formula is C20H15N3O4S2. The number of aromatic nitrogens is 2. The molecule has 0 aliphatic rings. The van der Waals surface area contributed by atoms with Crippen molar-refractivity contribution < 1.29 is 14.8 Å². The zero-order valence-corrected chi connectivity index (χ0v) is 16.9. The van der Waals surface area contributed by atoms with Crippen LogP contribution in [0, 0.1) is 17.0 Å². The van der Waals surface area contributed by atoms with Gasteiger partial charge in [0.05, 0.1) is 33.4 Å². The SMILES string of the molecule is Cc1cn2c(C=CC(=O)c3cccs3)c(-c3ccc(CO)c([N+](=O)[O-])c3)nc2s1. The summed E-state index contributed by atoms with van der Waals surface area (Å²) in [5, 5.41) is 22.6. The number of benzene rings is 1. The van der Waals surface area contributed by atoms with E-state index in [0.717, 1.165) is 9.84 Å². The second-order valence-electron chi connectivity index (χ2n) is 6.27. The molecule has 1 aromatic carbocycles. The summed E-state index contributed by atoms with van der Waals surface area (Å²) < 4.78 is 1.87. The topological polar surface area (TPSA) is 97.7 Å². The highest BCUT2D eigenvalue weighted by Crippen LogP contribution is 2.32. The fraction of sp³-hybridized carbons (Fsp3) is 0.100. The second-order valence-corrected chi connectivity index (χ2v) is 8.43. The Hall–Kier alpha value is -3.14. The molecule has 7 nitrogen and oxygen atoms in total. The Balaban J connectivity index is 1.84. The molecule has 0 amide bonds. The number of imidazole rings is 1. The molecule has 4 rings (SSSR count). The zero-order valence-electron chi connectivity index (χ0n) is 15.2. The van der Waals surface area contributed by atoms with Crippen molar-refractivity contribution in [1.29, 1.82) is 0 Å². The third-order valence-electron chi connectivity index (χ3n) is 4.36. The number of fused-ring (bicyclic) bond motifs is 1. The molecule has 4 aromatic rings. The number of ketones is 1. The summed E-state index contributed by atoms with van der Waals surface area (Å²) in [6.07, 6.45) is 5.10. The fourth-order valence-electron chi connectivity index (χ4n) is 3.01. The highest BCUT2D eigenvalue weighted by molar-refractivity contribution is 7.17. The first-order valence-electron chi connectivity index (χ1n) is 8.61. The molecule has 3 heterocycles. The molecule has 146 valence electrons. The highest BCUT2D eigenvalue weighted by Gasteiger charge is 2.19. The minimum atomic E-state index is -0.520. The number of carbonyl (C=O) groups excluding carboxylic acids is 1. The van der Waals surface area contributed by atoms with Gasteiger partial charge in [0.1, 0.15) is 0 Å². The van der Waals surface area contributed by atoms with Crippen LogP contribution in [0.2, 0.25) is 0 Å². The molecule has 0 spiro atoms. The van der Waals surface area contributed by atoms with Gasteiger partial charge in [-0.25, -0.2) is 4.98 Å². The minimum Gasteiger partial charge on any atom is -0.391 e. The Labute approximate surface area is 173 Å². The lowest BCUT2D eigenvalue weighted by Gasteiger charge is -2.04. The van der Waals surface area contributed by atoms with Crippen LogP contribution in [0.1, 0.15) is 25.8 Å². The molecule has 1 N–H and O–H groups in total. The van der Waals surface area contributed by atoms with Crippen LogP contribution >= 0.6 is 22.7 Å². The van der Waals surface area contributed by atoms with Gasteiger partial charge in [0.15, 0.2) is 10.7 Å². The number of rotatable bonds is 6. The number of aliphatic hydroxyl groups is 1. The maximum absolute atomic E-state index is 12.4. The lowest BCUT2D eigenvalue weighted by Crippen LogP contribution is -1.96. The Bertz CT molecular complexity index is 1250. The van der Waals surface area contributed by atoms with Gasteiger partial charge < -0.3 is 5.11 Å². The molecule has 0 saturated heterocycles. The van der Waals surface area contributed by atoms with Crippen LogP contribution in [0.25, 0.3) is 22.3 Å². The third kappa shape index (κ3) is 3.63. The number of nitro groups is 1. The van der Waals surface area contributed by atoms with Gasteiger partial charge in [-0.2, -0.15) is 0 Å². The molecule has 9 heteroatoms. The summed E-state index contributed by atoms with van der Waals surface area (Å²) in [6.45, 7) is 1.54. The molecule has 0 aliphatic carbocycles. The van der Waals surface area contributed by atoms with Crippen LogP contribution in [-0.4, -0.2) is 25.2 Å². The number of nitro benzene ring substituents is 1. The number of aryl methyl sites for hydroxylation is 1. The largest absolute Gasteiger partial charge is 0.391 e. The lowest BCUT2D eigenvalue weighted by atomic mass is 10.1. The van der Waals surface area contributed by atoms with E-state index < -0.39 is 11.5 Å².